The predicted octanol–water partition coefficient (Wildman–Crippen LogP) is 1.51. The summed E-state index contributed by atoms with van der Waals surface area (Å²) in [4.78, 5) is 18.8. The van der Waals surface area contributed by atoms with Gasteiger partial charge in [0.2, 0.25) is 0 Å². The second kappa shape index (κ2) is 6.98. The lowest BCUT2D eigenvalue weighted by Crippen LogP contribution is -2.39. The molecule has 1 saturated heterocycles. The lowest BCUT2D eigenvalue weighted by Gasteiger charge is -2.31. The summed E-state index contributed by atoms with van der Waals surface area (Å²) in [6, 6.07) is 0. The minimum absolute atomic E-state index is 0.0178. The first kappa shape index (κ1) is 16.4. The number of nitrogens with zero attached hydrogens (tertiary/aromatic N) is 5. The zero-order valence-corrected chi connectivity index (χ0v) is 14.7. The number of hydrogen-bond acceptors (Lipinski definition) is 7. The normalized spacial score (nSPS) is 18.4. The van der Waals surface area contributed by atoms with E-state index in [1.165, 1.54) is 11.3 Å². The van der Waals surface area contributed by atoms with Crippen LogP contribution >= 0.6 is 23.1 Å². The van der Waals surface area contributed by atoms with E-state index in [0.717, 1.165) is 29.6 Å². The lowest BCUT2D eigenvalue weighted by molar-refractivity contribution is 0.0697. The van der Waals surface area contributed by atoms with Crippen molar-refractivity contribution in [1.29, 1.82) is 0 Å². The van der Waals surface area contributed by atoms with Gasteiger partial charge in [-0.3, -0.25) is 4.79 Å². The van der Waals surface area contributed by atoms with Crippen LogP contribution in [0, 0.1) is 0 Å². The van der Waals surface area contributed by atoms with Crippen molar-refractivity contribution in [3.8, 4) is 0 Å². The van der Waals surface area contributed by atoms with Gasteiger partial charge in [-0.1, -0.05) is 11.8 Å². The number of likely N-dealkylation sites (tertiary alicyclic amines) is 1. The van der Waals surface area contributed by atoms with Gasteiger partial charge in [0, 0.05) is 31.4 Å². The SMILES string of the molecule is CSc1nc(C(=O)N2CCCC(c3nnc(CO)n3C)C2)cs1. The summed E-state index contributed by atoms with van der Waals surface area (Å²) < 4.78 is 2.73. The number of carbonyl (C=O) groups is 1. The maximum Gasteiger partial charge on any atom is 0.273 e. The number of thioether (sulfide) groups is 1. The topological polar surface area (TPSA) is 84.1 Å². The van der Waals surface area contributed by atoms with Gasteiger partial charge in [0.15, 0.2) is 5.82 Å². The van der Waals surface area contributed by atoms with Crippen molar-refractivity contribution in [3.63, 3.8) is 0 Å². The second-order valence-electron chi connectivity index (χ2n) is 5.48. The van der Waals surface area contributed by atoms with Crippen LogP contribution in [0.4, 0.5) is 0 Å². The van der Waals surface area contributed by atoms with Crippen LogP contribution in [0.5, 0.6) is 0 Å². The Morgan fingerprint density at radius 1 is 1.52 bits per heavy atom. The van der Waals surface area contributed by atoms with Crippen molar-refractivity contribution in [2.24, 2.45) is 7.05 Å². The van der Waals surface area contributed by atoms with Gasteiger partial charge in [0.05, 0.1) is 0 Å². The van der Waals surface area contributed by atoms with Crippen molar-refractivity contribution in [3.05, 3.63) is 22.7 Å². The van der Waals surface area contributed by atoms with E-state index in [-0.39, 0.29) is 18.4 Å². The molecule has 1 N–H and O–H groups in total. The maximum absolute atomic E-state index is 12.6. The number of carbonyl (C=O) groups excluding carboxylic acids is 1. The number of amides is 1. The fourth-order valence-electron chi connectivity index (χ4n) is 2.85. The number of piperidine rings is 1. The van der Waals surface area contributed by atoms with Crippen molar-refractivity contribution in [2.75, 3.05) is 19.3 Å². The molecule has 0 aromatic carbocycles. The van der Waals surface area contributed by atoms with Crippen LogP contribution < -0.4 is 0 Å². The molecule has 1 atom stereocenters. The van der Waals surface area contributed by atoms with Crippen molar-refractivity contribution in [2.45, 2.75) is 29.7 Å². The Balaban J connectivity index is 1.75. The van der Waals surface area contributed by atoms with Crippen LogP contribution in [0.25, 0.3) is 0 Å². The number of aliphatic hydroxyl groups is 1. The Kier molecular flexibility index (Phi) is 4.98. The molecule has 3 rings (SSSR count). The van der Waals surface area contributed by atoms with Crippen molar-refractivity contribution < 1.29 is 9.90 Å². The fraction of sp³-hybridized carbons (Fsp3) is 0.571. The molecule has 0 aliphatic carbocycles. The third-order valence-corrected chi connectivity index (χ3v) is 5.95. The van der Waals surface area contributed by atoms with Gasteiger partial charge < -0.3 is 14.6 Å². The van der Waals surface area contributed by atoms with Crippen molar-refractivity contribution in [1.82, 2.24) is 24.6 Å². The molecule has 3 heterocycles. The van der Waals surface area contributed by atoms with E-state index in [2.05, 4.69) is 15.2 Å². The van der Waals surface area contributed by atoms with Gasteiger partial charge in [0.25, 0.3) is 5.91 Å². The second-order valence-corrected chi connectivity index (χ2v) is 7.40. The molecule has 1 amide bonds. The van der Waals surface area contributed by atoms with Gasteiger partial charge in [-0.2, -0.15) is 0 Å². The summed E-state index contributed by atoms with van der Waals surface area (Å²) >= 11 is 3.05. The highest BCUT2D eigenvalue weighted by Crippen LogP contribution is 2.27. The minimum atomic E-state index is -0.130. The molecule has 1 aliphatic heterocycles. The largest absolute Gasteiger partial charge is 0.388 e. The molecule has 1 unspecified atom stereocenters. The average Bonchev–Trinajstić information content (AvgIpc) is 3.20. The van der Waals surface area contributed by atoms with E-state index in [0.29, 0.717) is 18.1 Å². The zero-order valence-electron chi connectivity index (χ0n) is 13.1. The standard InChI is InChI=1S/C14H19N5O2S2/c1-18-11(7-20)16-17-12(18)9-4-3-5-19(6-9)13(21)10-8-23-14(15-10)22-2/h8-9,20H,3-7H2,1-2H3. The molecule has 0 bridgehead atoms. The Hall–Kier alpha value is -1.45. The maximum atomic E-state index is 12.6. The van der Waals surface area contributed by atoms with Gasteiger partial charge in [-0.15, -0.1) is 21.5 Å². The lowest BCUT2D eigenvalue weighted by atomic mass is 9.97. The highest BCUT2D eigenvalue weighted by molar-refractivity contribution is 8.00. The summed E-state index contributed by atoms with van der Waals surface area (Å²) in [5, 5.41) is 19.3. The van der Waals surface area contributed by atoms with Crippen LogP contribution in [0.3, 0.4) is 0 Å². The molecule has 2 aromatic heterocycles. The highest BCUT2D eigenvalue weighted by Gasteiger charge is 2.29. The van der Waals surface area contributed by atoms with Crippen LogP contribution in [-0.4, -0.2) is 55.0 Å². The van der Waals surface area contributed by atoms with E-state index in [9.17, 15) is 9.90 Å². The Morgan fingerprint density at radius 2 is 2.35 bits per heavy atom. The van der Waals surface area contributed by atoms with Gasteiger partial charge in [-0.05, 0) is 19.1 Å². The molecular weight excluding hydrogens is 334 g/mol. The smallest absolute Gasteiger partial charge is 0.273 e. The quantitative estimate of drug-likeness (QED) is 0.839. The highest BCUT2D eigenvalue weighted by atomic mass is 32.2. The Morgan fingerprint density at radius 3 is 3.00 bits per heavy atom. The number of aromatic nitrogens is 4. The fourth-order valence-corrected chi connectivity index (χ4v) is 4.09. The summed E-state index contributed by atoms with van der Waals surface area (Å²) in [6.45, 7) is 1.23. The minimum Gasteiger partial charge on any atom is -0.388 e. The average molecular weight is 353 g/mol. The molecule has 1 aliphatic rings. The first-order valence-electron chi connectivity index (χ1n) is 7.41. The first-order valence-corrected chi connectivity index (χ1v) is 9.52. The molecule has 0 spiro atoms. The van der Waals surface area contributed by atoms with Gasteiger partial charge >= 0.3 is 0 Å². The van der Waals surface area contributed by atoms with E-state index in [1.807, 2.05) is 28.2 Å². The Bertz CT molecular complexity index is 699. The molecule has 2 aromatic rings. The third-order valence-electron chi connectivity index (χ3n) is 4.09. The van der Waals surface area contributed by atoms with Crippen LogP contribution in [-0.2, 0) is 13.7 Å². The van der Waals surface area contributed by atoms with Gasteiger partial charge in [-0.25, -0.2) is 4.98 Å². The molecule has 124 valence electrons. The van der Waals surface area contributed by atoms with Crippen LogP contribution in [0.2, 0.25) is 0 Å². The first-order chi connectivity index (χ1) is 11.1. The number of thiazole rings is 1. The van der Waals surface area contributed by atoms with E-state index in [4.69, 9.17) is 0 Å². The predicted molar refractivity (Wildman–Crippen MR) is 88.7 cm³/mol. The third kappa shape index (κ3) is 3.26. The van der Waals surface area contributed by atoms with E-state index < -0.39 is 0 Å². The molecular formula is C14H19N5O2S2. The van der Waals surface area contributed by atoms with E-state index in [1.54, 1.807) is 11.8 Å². The zero-order chi connectivity index (χ0) is 16.4. The van der Waals surface area contributed by atoms with Crippen LogP contribution in [0.1, 0.15) is 40.9 Å². The molecule has 0 radical (unpaired) electrons. The monoisotopic (exact) mass is 353 g/mol. The summed E-state index contributed by atoms with van der Waals surface area (Å²) in [6.07, 6.45) is 3.85. The molecule has 1 fully saturated rings. The molecule has 7 nitrogen and oxygen atoms in total. The summed E-state index contributed by atoms with van der Waals surface area (Å²) in [5.74, 6) is 1.50. The summed E-state index contributed by atoms with van der Waals surface area (Å²) in [5.41, 5.74) is 0.522. The summed E-state index contributed by atoms with van der Waals surface area (Å²) in [7, 11) is 1.85. The Labute approximate surface area is 142 Å². The molecule has 23 heavy (non-hydrogen) atoms. The number of hydrogen-bond donors (Lipinski definition) is 1. The number of aliphatic hydroxyl groups excluding tert-OH is 1. The van der Waals surface area contributed by atoms with Gasteiger partial charge in [0.1, 0.15) is 22.5 Å². The van der Waals surface area contributed by atoms with E-state index >= 15 is 0 Å². The molecule has 0 saturated carbocycles. The van der Waals surface area contributed by atoms with Crippen molar-refractivity contribution >= 4 is 29.0 Å². The molecule has 9 heteroatoms. The number of rotatable bonds is 4. The van der Waals surface area contributed by atoms with Crippen LogP contribution in [0.15, 0.2) is 9.72 Å².